The van der Waals surface area contributed by atoms with Crippen molar-refractivity contribution in [2.24, 2.45) is 0 Å². The highest BCUT2D eigenvalue weighted by Gasteiger charge is 2.36. The maximum atomic E-state index is 12.9. The summed E-state index contributed by atoms with van der Waals surface area (Å²) < 4.78 is 34.3. The fourth-order valence-corrected chi connectivity index (χ4v) is 5.65. The molecule has 6 heteroatoms. The Balaban J connectivity index is 1.87. The van der Waals surface area contributed by atoms with Crippen molar-refractivity contribution in [3.8, 4) is 0 Å². The lowest BCUT2D eigenvalue weighted by Crippen LogP contribution is -2.44. The van der Waals surface area contributed by atoms with Crippen LogP contribution >= 0.6 is 11.3 Å². The number of rotatable bonds is 5. The van der Waals surface area contributed by atoms with E-state index in [0.29, 0.717) is 24.7 Å². The maximum Gasteiger partial charge on any atom is 0.240 e. The number of sulfonamides is 1. The summed E-state index contributed by atoms with van der Waals surface area (Å²) in [6.07, 6.45) is 1.66. The second kappa shape index (κ2) is 7.19. The van der Waals surface area contributed by atoms with E-state index in [1.54, 1.807) is 17.4 Å². The molecule has 0 saturated carbocycles. The van der Waals surface area contributed by atoms with Crippen molar-refractivity contribution in [2.45, 2.75) is 43.9 Å². The number of thiophene rings is 1. The molecule has 4 nitrogen and oxygen atoms in total. The van der Waals surface area contributed by atoms with Gasteiger partial charge in [-0.25, -0.2) is 13.1 Å². The van der Waals surface area contributed by atoms with E-state index in [2.05, 4.69) is 21.5 Å². The van der Waals surface area contributed by atoms with Gasteiger partial charge in [0.1, 0.15) is 0 Å². The molecule has 1 aromatic heterocycles. The number of hydrogen-bond acceptors (Lipinski definition) is 4. The molecule has 0 unspecified atom stereocenters. The Labute approximate surface area is 154 Å². The molecule has 0 atom stereocenters. The third kappa shape index (κ3) is 3.82. The van der Waals surface area contributed by atoms with Crippen molar-refractivity contribution in [3.05, 3.63) is 51.2 Å². The molecule has 1 aliphatic heterocycles. The molecule has 1 aliphatic rings. The van der Waals surface area contributed by atoms with Gasteiger partial charge in [-0.3, -0.25) is 0 Å². The Morgan fingerprint density at radius 2 is 1.80 bits per heavy atom. The zero-order chi connectivity index (χ0) is 18.1. The molecule has 0 radical (unpaired) electrons. The molecular formula is C19H25NO3S2. The Morgan fingerprint density at radius 3 is 2.44 bits per heavy atom. The summed E-state index contributed by atoms with van der Waals surface area (Å²) in [7, 11) is -3.55. The molecule has 0 spiro atoms. The normalized spacial score (nSPS) is 17.6. The number of benzene rings is 1. The third-order valence-electron chi connectivity index (χ3n) is 5.26. The monoisotopic (exact) mass is 379 g/mol. The lowest BCUT2D eigenvalue weighted by atomic mass is 9.75. The summed E-state index contributed by atoms with van der Waals surface area (Å²) in [5.41, 5.74) is 3.91. The van der Waals surface area contributed by atoms with Gasteiger partial charge in [0.25, 0.3) is 0 Å². The summed E-state index contributed by atoms with van der Waals surface area (Å²) in [4.78, 5) is 0.378. The highest BCUT2D eigenvalue weighted by molar-refractivity contribution is 7.89. The van der Waals surface area contributed by atoms with Crippen molar-refractivity contribution in [2.75, 3.05) is 19.8 Å². The van der Waals surface area contributed by atoms with Gasteiger partial charge in [-0.05, 0) is 78.8 Å². The van der Waals surface area contributed by atoms with Gasteiger partial charge in [0, 0.05) is 25.2 Å². The Kier molecular flexibility index (Phi) is 5.34. The van der Waals surface area contributed by atoms with Crippen LogP contribution in [0.25, 0.3) is 0 Å². The Hall–Kier alpha value is -1.21. The number of hydrogen-bond donors (Lipinski definition) is 1. The number of aryl methyl sites for hydroxylation is 3. The van der Waals surface area contributed by atoms with Crippen LogP contribution in [0.4, 0.5) is 0 Å². The maximum absolute atomic E-state index is 12.9. The van der Waals surface area contributed by atoms with Crippen molar-refractivity contribution in [1.29, 1.82) is 0 Å². The molecule has 1 fully saturated rings. The van der Waals surface area contributed by atoms with E-state index in [-0.39, 0.29) is 5.41 Å². The Morgan fingerprint density at radius 1 is 1.12 bits per heavy atom. The standard InChI is InChI=1S/C19H25NO3S2/c1-14-10-16(3)18(11-15(14)2)25(21,22)20-13-19(5-7-23-8-6-19)17-4-9-24-12-17/h4,9-12,20H,5-8,13H2,1-3H3. The molecule has 2 heterocycles. The topological polar surface area (TPSA) is 55.4 Å². The Bertz CT molecular complexity index is 836. The molecule has 3 rings (SSSR count). The van der Waals surface area contributed by atoms with Gasteiger partial charge < -0.3 is 4.74 Å². The fraction of sp³-hybridized carbons (Fsp3) is 0.474. The molecule has 1 aromatic carbocycles. The second-order valence-corrected chi connectivity index (χ2v) is 9.45. The predicted octanol–water partition coefficient (Wildman–Crippen LogP) is 3.70. The minimum absolute atomic E-state index is 0.182. The molecule has 0 amide bonds. The summed E-state index contributed by atoms with van der Waals surface area (Å²) in [6.45, 7) is 7.53. The minimum atomic E-state index is -3.55. The van der Waals surface area contributed by atoms with Crippen LogP contribution in [0.1, 0.15) is 35.1 Å². The number of ether oxygens (including phenoxy) is 1. The van der Waals surface area contributed by atoms with Crippen LogP contribution in [0, 0.1) is 20.8 Å². The van der Waals surface area contributed by atoms with Crippen molar-refractivity contribution in [3.63, 3.8) is 0 Å². The van der Waals surface area contributed by atoms with Gasteiger partial charge >= 0.3 is 0 Å². The van der Waals surface area contributed by atoms with Gasteiger partial charge in [0.2, 0.25) is 10.0 Å². The van der Waals surface area contributed by atoms with Crippen molar-refractivity contribution >= 4 is 21.4 Å². The van der Waals surface area contributed by atoms with Gasteiger partial charge in [-0.2, -0.15) is 11.3 Å². The first-order chi connectivity index (χ1) is 11.8. The van der Waals surface area contributed by atoms with E-state index in [9.17, 15) is 8.42 Å². The largest absolute Gasteiger partial charge is 0.381 e. The van der Waals surface area contributed by atoms with Crippen LogP contribution in [0.15, 0.2) is 33.9 Å². The molecule has 0 bridgehead atoms. The van der Waals surface area contributed by atoms with E-state index in [1.807, 2.05) is 26.8 Å². The second-order valence-electron chi connectivity index (χ2n) is 6.93. The molecule has 2 aromatic rings. The highest BCUT2D eigenvalue weighted by atomic mass is 32.2. The zero-order valence-electron chi connectivity index (χ0n) is 15.0. The van der Waals surface area contributed by atoms with Crippen LogP contribution < -0.4 is 4.72 Å². The van der Waals surface area contributed by atoms with E-state index in [4.69, 9.17) is 4.74 Å². The number of nitrogens with one attached hydrogen (secondary N) is 1. The van der Waals surface area contributed by atoms with Crippen molar-refractivity contribution in [1.82, 2.24) is 4.72 Å². The van der Waals surface area contributed by atoms with Crippen molar-refractivity contribution < 1.29 is 13.2 Å². The van der Waals surface area contributed by atoms with Crippen LogP contribution in [-0.2, 0) is 20.2 Å². The van der Waals surface area contributed by atoms with Gasteiger partial charge in [-0.15, -0.1) is 0 Å². The zero-order valence-corrected chi connectivity index (χ0v) is 16.6. The third-order valence-corrected chi connectivity index (χ3v) is 7.49. The van der Waals surface area contributed by atoms with Crippen LogP contribution in [-0.4, -0.2) is 28.2 Å². The molecule has 0 aliphatic carbocycles. The highest BCUT2D eigenvalue weighted by Crippen LogP contribution is 2.36. The van der Waals surface area contributed by atoms with Gasteiger partial charge in [-0.1, -0.05) is 6.07 Å². The summed E-state index contributed by atoms with van der Waals surface area (Å²) in [5.74, 6) is 0. The average Bonchev–Trinajstić information content (AvgIpc) is 3.12. The van der Waals surface area contributed by atoms with Crippen LogP contribution in [0.2, 0.25) is 0 Å². The SMILES string of the molecule is Cc1cc(C)c(S(=O)(=O)NCC2(c3ccsc3)CCOCC2)cc1C. The first-order valence-corrected chi connectivity index (χ1v) is 10.9. The quantitative estimate of drug-likeness (QED) is 0.862. The summed E-state index contributed by atoms with van der Waals surface area (Å²) >= 11 is 1.65. The van der Waals surface area contributed by atoms with Crippen LogP contribution in [0.3, 0.4) is 0 Å². The van der Waals surface area contributed by atoms with E-state index in [0.717, 1.165) is 29.5 Å². The summed E-state index contributed by atoms with van der Waals surface area (Å²) in [5, 5.41) is 4.18. The van der Waals surface area contributed by atoms with Gasteiger partial charge in [0.15, 0.2) is 0 Å². The molecule has 136 valence electrons. The van der Waals surface area contributed by atoms with E-state index < -0.39 is 10.0 Å². The van der Waals surface area contributed by atoms with Gasteiger partial charge in [0.05, 0.1) is 4.90 Å². The van der Waals surface area contributed by atoms with E-state index >= 15 is 0 Å². The molecule has 1 saturated heterocycles. The minimum Gasteiger partial charge on any atom is -0.381 e. The first kappa shape index (κ1) is 18.6. The lowest BCUT2D eigenvalue weighted by Gasteiger charge is -2.37. The van der Waals surface area contributed by atoms with E-state index in [1.165, 1.54) is 5.56 Å². The lowest BCUT2D eigenvalue weighted by molar-refractivity contribution is 0.0518. The predicted molar refractivity (Wildman–Crippen MR) is 102 cm³/mol. The fourth-order valence-electron chi connectivity index (χ4n) is 3.43. The molecule has 25 heavy (non-hydrogen) atoms. The first-order valence-electron chi connectivity index (χ1n) is 8.52. The molecule has 1 N–H and O–H groups in total. The molecular weight excluding hydrogens is 354 g/mol. The smallest absolute Gasteiger partial charge is 0.240 e. The average molecular weight is 380 g/mol. The van der Waals surface area contributed by atoms with Crippen LogP contribution in [0.5, 0.6) is 0 Å². The summed E-state index contributed by atoms with van der Waals surface area (Å²) in [6, 6.07) is 5.81.